The number of nitrogens with two attached hydrogens (primary N) is 1. The minimum atomic E-state index is 0.0403. The second kappa shape index (κ2) is 4.91. The Morgan fingerprint density at radius 3 is 2.41 bits per heavy atom. The van der Waals surface area contributed by atoms with Crippen LogP contribution in [0.3, 0.4) is 0 Å². The summed E-state index contributed by atoms with van der Waals surface area (Å²) >= 11 is 0. The number of nitrogen functional groups attached to an aromatic ring is 1. The van der Waals surface area contributed by atoms with Crippen LogP contribution in [0.1, 0.15) is 24.2 Å². The first-order chi connectivity index (χ1) is 8.16. The normalized spacial score (nSPS) is 12.1. The summed E-state index contributed by atoms with van der Waals surface area (Å²) in [7, 11) is 0. The van der Waals surface area contributed by atoms with Crippen molar-refractivity contribution in [1.29, 1.82) is 0 Å². The molecule has 2 N–H and O–H groups in total. The van der Waals surface area contributed by atoms with Crippen molar-refractivity contribution in [2.45, 2.75) is 20.0 Å². The van der Waals surface area contributed by atoms with Crippen molar-refractivity contribution in [3.8, 4) is 5.75 Å². The minimum absolute atomic E-state index is 0.0403. The molecule has 0 aliphatic heterocycles. The van der Waals surface area contributed by atoms with Crippen LogP contribution in [0.25, 0.3) is 0 Å². The smallest absolute Gasteiger partial charge is 0.123 e. The third-order valence-electron chi connectivity index (χ3n) is 2.77. The van der Waals surface area contributed by atoms with E-state index in [0.29, 0.717) is 0 Å². The van der Waals surface area contributed by atoms with E-state index in [1.54, 1.807) is 0 Å². The Hall–Kier alpha value is -1.96. The number of hydrogen-bond acceptors (Lipinski definition) is 2. The van der Waals surface area contributed by atoms with Crippen molar-refractivity contribution in [2.24, 2.45) is 0 Å². The van der Waals surface area contributed by atoms with Crippen LogP contribution in [0.4, 0.5) is 5.69 Å². The lowest BCUT2D eigenvalue weighted by Crippen LogP contribution is -2.04. The van der Waals surface area contributed by atoms with Gasteiger partial charge in [-0.3, -0.25) is 0 Å². The van der Waals surface area contributed by atoms with Crippen molar-refractivity contribution >= 4 is 5.69 Å². The molecule has 1 unspecified atom stereocenters. The highest BCUT2D eigenvalue weighted by Gasteiger charge is 2.08. The molecule has 0 aromatic heterocycles. The van der Waals surface area contributed by atoms with Crippen LogP contribution in [-0.2, 0) is 0 Å². The van der Waals surface area contributed by atoms with Gasteiger partial charge < -0.3 is 10.5 Å². The van der Waals surface area contributed by atoms with Gasteiger partial charge in [0.05, 0.1) is 0 Å². The lowest BCUT2D eigenvalue weighted by Gasteiger charge is -2.16. The second-order valence-corrected chi connectivity index (χ2v) is 4.20. The van der Waals surface area contributed by atoms with Crippen LogP contribution in [0.5, 0.6) is 5.75 Å². The quantitative estimate of drug-likeness (QED) is 0.811. The Morgan fingerprint density at radius 1 is 1.06 bits per heavy atom. The number of ether oxygens (including phenoxy) is 1. The molecule has 0 aliphatic carbocycles. The highest BCUT2D eigenvalue weighted by Crippen LogP contribution is 2.26. The SMILES string of the molecule is Cc1cc(N)ccc1OC(C)c1ccccc1. The fourth-order valence-electron chi connectivity index (χ4n) is 1.79. The molecule has 1 atom stereocenters. The van der Waals surface area contributed by atoms with Gasteiger partial charge in [-0.05, 0) is 43.2 Å². The summed E-state index contributed by atoms with van der Waals surface area (Å²) in [6.07, 6.45) is 0.0403. The first-order valence-electron chi connectivity index (χ1n) is 5.74. The average molecular weight is 227 g/mol. The summed E-state index contributed by atoms with van der Waals surface area (Å²) in [4.78, 5) is 0. The van der Waals surface area contributed by atoms with Gasteiger partial charge in [-0.2, -0.15) is 0 Å². The van der Waals surface area contributed by atoms with Gasteiger partial charge in [-0.15, -0.1) is 0 Å². The second-order valence-electron chi connectivity index (χ2n) is 4.20. The molecule has 0 saturated carbocycles. The third kappa shape index (κ3) is 2.78. The van der Waals surface area contributed by atoms with Gasteiger partial charge in [-0.1, -0.05) is 30.3 Å². The summed E-state index contributed by atoms with van der Waals surface area (Å²) in [5, 5.41) is 0. The van der Waals surface area contributed by atoms with E-state index in [2.05, 4.69) is 12.1 Å². The molecule has 0 radical (unpaired) electrons. The summed E-state index contributed by atoms with van der Waals surface area (Å²) in [6, 6.07) is 15.9. The summed E-state index contributed by atoms with van der Waals surface area (Å²) in [6.45, 7) is 4.05. The minimum Gasteiger partial charge on any atom is -0.486 e. The Kier molecular flexibility index (Phi) is 3.33. The fraction of sp³-hybridized carbons (Fsp3) is 0.200. The maximum absolute atomic E-state index is 5.93. The van der Waals surface area contributed by atoms with Crippen molar-refractivity contribution in [3.05, 3.63) is 59.7 Å². The zero-order valence-corrected chi connectivity index (χ0v) is 10.2. The summed E-state index contributed by atoms with van der Waals surface area (Å²) < 4.78 is 5.93. The van der Waals surface area contributed by atoms with Crippen LogP contribution in [-0.4, -0.2) is 0 Å². The van der Waals surface area contributed by atoms with Crippen LogP contribution in [0.15, 0.2) is 48.5 Å². The van der Waals surface area contributed by atoms with E-state index in [0.717, 1.165) is 17.0 Å². The maximum Gasteiger partial charge on any atom is 0.123 e. The molecule has 0 saturated heterocycles. The van der Waals surface area contributed by atoms with Gasteiger partial charge in [0.2, 0.25) is 0 Å². The summed E-state index contributed by atoms with van der Waals surface area (Å²) in [5.74, 6) is 0.885. The number of rotatable bonds is 3. The molecule has 2 nitrogen and oxygen atoms in total. The maximum atomic E-state index is 5.93. The van der Waals surface area contributed by atoms with Crippen LogP contribution in [0, 0.1) is 6.92 Å². The lowest BCUT2D eigenvalue weighted by atomic mass is 10.1. The predicted molar refractivity (Wildman–Crippen MR) is 71.1 cm³/mol. The fourth-order valence-corrected chi connectivity index (χ4v) is 1.79. The van der Waals surface area contributed by atoms with E-state index >= 15 is 0 Å². The molecule has 0 spiro atoms. The van der Waals surface area contributed by atoms with Crippen molar-refractivity contribution in [1.82, 2.24) is 0 Å². The average Bonchev–Trinajstić information content (AvgIpc) is 2.34. The molecule has 2 aromatic carbocycles. The predicted octanol–water partition coefficient (Wildman–Crippen LogP) is 3.72. The number of aryl methyl sites for hydroxylation is 1. The molecule has 0 bridgehead atoms. The van der Waals surface area contributed by atoms with Gasteiger partial charge >= 0.3 is 0 Å². The highest BCUT2D eigenvalue weighted by molar-refractivity contribution is 5.47. The molecule has 88 valence electrons. The van der Waals surface area contributed by atoms with E-state index in [4.69, 9.17) is 10.5 Å². The van der Waals surface area contributed by atoms with Crippen molar-refractivity contribution in [2.75, 3.05) is 5.73 Å². The van der Waals surface area contributed by atoms with Gasteiger partial charge in [0.25, 0.3) is 0 Å². The first kappa shape index (κ1) is 11.5. The van der Waals surface area contributed by atoms with Crippen LogP contribution < -0.4 is 10.5 Å². The number of anilines is 1. The molecule has 0 aliphatic rings. The standard InChI is InChI=1S/C15H17NO/c1-11-10-14(16)8-9-15(11)17-12(2)13-6-4-3-5-7-13/h3-10,12H,16H2,1-2H3. The monoisotopic (exact) mass is 227 g/mol. The van der Waals surface area contributed by atoms with Gasteiger partial charge in [0.1, 0.15) is 11.9 Å². The molecule has 0 heterocycles. The van der Waals surface area contributed by atoms with Crippen LogP contribution >= 0.6 is 0 Å². The van der Waals surface area contributed by atoms with Crippen molar-refractivity contribution in [3.63, 3.8) is 0 Å². The molecular weight excluding hydrogens is 210 g/mol. The Bertz CT molecular complexity index is 494. The molecule has 2 heteroatoms. The van der Waals surface area contributed by atoms with E-state index in [9.17, 15) is 0 Å². The van der Waals surface area contributed by atoms with Gasteiger partial charge in [0, 0.05) is 5.69 Å². The largest absolute Gasteiger partial charge is 0.486 e. The zero-order chi connectivity index (χ0) is 12.3. The number of benzene rings is 2. The zero-order valence-electron chi connectivity index (χ0n) is 10.2. The Balaban J connectivity index is 2.16. The van der Waals surface area contributed by atoms with E-state index < -0.39 is 0 Å². The third-order valence-corrected chi connectivity index (χ3v) is 2.77. The first-order valence-corrected chi connectivity index (χ1v) is 5.74. The lowest BCUT2D eigenvalue weighted by molar-refractivity contribution is 0.225. The molecular formula is C15H17NO. The van der Waals surface area contributed by atoms with Crippen LogP contribution in [0.2, 0.25) is 0 Å². The molecule has 2 rings (SSSR count). The number of hydrogen-bond donors (Lipinski definition) is 1. The van der Waals surface area contributed by atoms with Crippen molar-refractivity contribution < 1.29 is 4.74 Å². The van der Waals surface area contributed by atoms with E-state index in [1.807, 2.05) is 50.2 Å². The van der Waals surface area contributed by atoms with E-state index in [1.165, 1.54) is 5.56 Å². The molecule has 0 amide bonds. The summed E-state index contributed by atoms with van der Waals surface area (Å²) in [5.41, 5.74) is 8.71. The highest BCUT2D eigenvalue weighted by atomic mass is 16.5. The van der Waals surface area contributed by atoms with E-state index in [-0.39, 0.29) is 6.10 Å². The Labute approximate surface area is 102 Å². The Morgan fingerprint density at radius 2 is 1.76 bits per heavy atom. The molecule has 2 aromatic rings. The molecule has 17 heavy (non-hydrogen) atoms. The van der Waals surface area contributed by atoms with Gasteiger partial charge in [-0.25, -0.2) is 0 Å². The topological polar surface area (TPSA) is 35.2 Å². The van der Waals surface area contributed by atoms with Gasteiger partial charge in [0.15, 0.2) is 0 Å². The molecule has 0 fully saturated rings.